The molecule has 0 aliphatic rings. The Morgan fingerprint density at radius 1 is 0.852 bits per heavy atom. The van der Waals surface area contributed by atoms with Crippen molar-refractivity contribution >= 4 is 9.84 Å². The van der Waals surface area contributed by atoms with Crippen molar-refractivity contribution in [3.05, 3.63) is 77.9 Å². The third-order valence-corrected chi connectivity index (χ3v) is 5.86. The summed E-state index contributed by atoms with van der Waals surface area (Å²) in [6, 6.07) is 19.8. The van der Waals surface area contributed by atoms with Gasteiger partial charge in [-0.15, -0.1) is 0 Å². The molecular weight excluding hydrogens is 362 g/mol. The van der Waals surface area contributed by atoms with Crippen LogP contribution in [0.2, 0.25) is 0 Å². The molecule has 0 aliphatic heterocycles. The molecule has 3 rings (SSSR count). The van der Waals surface area contributed by atoms with E-state index in [1.165, 1.54) is 31.4 Å². The predicted octanol–water partition coefficient (Wildman–Crippen LogP) is 4.50. The Kier molecular flexibility index (Phi) is 5.15. The van der Waals surface area contributed by atoms with Crippen molar-refractivity contribution in [2.75, 3.05) is 7.11 Å². The van der Waals surface area contributed by atoms with Gasteiger partial charge in [0, 0.05) is 0 Å². The molecular formula is C21H17NO4S. The molecule has 0 heterocycles. The van der Waals surface area contributed by atoms with E-state index in [0.29, 0.717) is 22.8 Å². The molecule has 0 radical (unpaired) electrons. The lowest BCUT2D eigenvalue weighted by molar-refractivity contribution is 0.414. The zero-order valence-corrected chi connectivity index (χ0v) is 15.7. The number of nitrogens with zero attached hydrogens (tertiary/aromatic N) is 1. The van der Waals surface area contributed by atoms with E-state index < -0.39 is 9.84 Å². The quantitative estimate of drug-likeness (QED) is 0.652. The summed E-state index contributed by atoms with van der Waals surface area (Å²) in [7, 11) is -2.11. The first kappa shape index (κ1) is 18.5. The molecule has 0 fully saturated rings. The summed E-state index contributed by atoms with van der Waals surface area (Å²) in [5, 5.41) is 9.27. The van der Waals surface area contributed by atoms with E-state index in [1.54, 1.807) is 36.4 Å². The summed E-state index contributed by atoms with van der Waals surface area (Å²) in [6.07, 6.45) is 0. The van der Waals surface area contributed by atoms with Crippen LogP contribution in [0, 0.1) is 18.3 Å². The number of benzene rings is 3. The van der Waals surface area contributed by atoms with Crippen LogP contribution in [-0.4, -0.2) is 15.5 Å². The van der Waals surface area contributed by atoms with E-state index in [-0.39, 0.29) is 9.79 Å². The van der Waals surface area contributed by atoms with Crippen LogP contribution in [0.15, 0.2) is 76.5 Å². The molecule has 0 atom stereocenters. The minimum absolute atomic E-state index is 0.157. The Bertz CT molecular complexity index is 1100. The van der Waals surface area contributed by atoms with Gasteiger partial charge in [0.2, 0.25) is 9.84 Å². The van der Waals surface area contributed by atoms with Gasteiger partial charge in [0.1, 0.15) is 23.3 Å². The number of rotatable bonds is 5. The van der Waals surface area contributed by atoms with Gasteiger partial charge in [0.15, 0.2) is 0 Å². The number of sulfone groups is 1. The monoisotopic (exact) mass is 379 g/mol. The average Bonchev–Trinajstić information content (AvgIpc) is 2.69. The number of ether oxygens (including phenoxy) is 2. The fourth-order valence-electron chi connectivity index (χ4n) is 2.57. The highest BCUT2D eigenvalue weighted by Crippen LogP contribution is 2.29. The number of nitriles is 1. The first-order valence-corrected chi connectivity index (χ1v) is 9.61. The van der Waals surface area contributed by atoms with Crippen molar-refractivity contribution in [3.63, 3.8) is 0 Å². The van der Waals surface area contributed by atoms with Crippen LogP contribution < -0.4 is 9.47 Å². The van der Waals surface area contributed by atoms with Gasteiger partial charge in [-0.05, 0) is 67.1 Å². The fraction of sp³-hybridized carbons (Fsp3) is 0.0952. The van der Waals surface area contributed by atoms with Crippen LogP contribution in [0.5, 0.6) is 17.2 Å². The molecule has 3 aromatic rings. The summed E-state index contributed by atoms with van der Waals surface area (Å²) >= 11 is 0. The van der Waals surface area contributed by atoms with Crippen LogP contribution in [0.25, 0.3) is 0 Å². The number of aryl methyl sites for hydroxylation is 1. The molecule has 6 heteroatoms. The molecule has 0 unspecified atom stereocenters. The molecule has 136 valence electrons. The maximum atomic E-state index is 12.7. The Labute approximate surface area is 158 Å². The minimum Gasteiger partial charge on any atom is -0.497 e. The average molecular weight is 379 g/mol. The minimum atomic E-state index is -3.64. The predicted molar refractivity (Wildman–Crippen MR) is 101 cm³/mol. The third kappa shape index (κ3) is 3.78. The van der Waals surface area contributed by atoms with Crippen LogP contribution in [0.4, 0.5) is 0 Å². The number of methoxy groups -OCH3 is 1. The van der Waals surface area contributed by atoms with E-state index in [9.17, 15) is 13.7 Å². The lowest BCUT2D eigenvalue weighted by Crippen LogP contribution is -2.02. The van der Waals surface area contributed by atoms with Gasteiger partial charge >= 0.3 is 0 Å². The second kappa shape index (κ2) is 7.52. The first-order valence-electron chi connectivity index (χ1n) is 8.12. The maximum absolute atomic E-state index is 12.7. The summed E-state index contributed by atoms with van der Waals surface area (Å²) in [5.74, 6) is 1.47. The zero-order valence-electron chi connectivity index (χ0n) is 14.8. The van der Waals surface area contributed by atoms with E-state index in [2.05, 4.69) is 6.07 Å². The van der Waals surface area contributed by atoms with Gasteiger partial charge in [-0.1, -0.05) is 12.1 Å². The van der Waals surface area contributed by atoms with Gasteiger partial charge in [0.25, 0.3) is 0 Å². The standard InChI is InChI=1S/C21H17NO4S/c1-15-4-3-5-21(20(15)14-22)26-17-8-12-19(13-9-17)27(23,24)18-10-6-16(25-2)7-11-18/h3-13H,1-2H3. The summed E-state index contributed by atoms with van der Waals surface area (Å²) in [4.78, 5) is 0.340. The normalized spacial score (nSPS) is 10.9. The van der Waals surface area contributed by atoms with Crippen molar-refractivity contribution < 1.29 is 17.9 Å². The highest BCUT2D eigenvalue weighted by molar-refractivity contribution is 7.91. The van der Waals surface area contributed by atoms with Gasteiger partial charge in [-0.2, -0.15) is 5.26 Å². The molecule has 0 saturated heterocycles. The molecule has 5 nitrogen and oxygen atoms in total. The SMILES string of the molecule is COc1ccc(S(=O)(=O)c2ccc(Oc3cccc(C)c3C#N)cc2)cc1. The number of hydrogen-bond acceptors (Lipinski definition) is 5. The van der Waals surface area contributed by atoms with E-state index in [0.717, 1.165) is 5.56 Å². The van der Waals surface area contributed by atoms with Crippen molar-refractivity contribution in [1.82, 2.24) is 0 Å². The largest absolute Gasteiger partial charge is 0.497 e. The van der Waals surface area contributed by atoms with Crippen molar-refractivity contribution in [2.24, 2.45) is 0 Å². The lowest BCUT2D eigenvalue weighted by Gasteiger charge is -2.10. The molecule has 0 spiro atoms. The maximum Gasteiger partial charge on any atom is 0.206 e. The molecule has 0 saturated carbocycles. The first-order chi connectivity index (χ1) is 13.0. The number of hydrogen-bond donors (Lipinski definition) is 0. The zero-order chi connectivity index (χ0) is 19.4. The second-order valence-electron chi connectivity index (χ2n) is 5.81. The highest BCUT2D eigenvalue weighted by Gasteiger charge is 2.18. The van der Waals surface area contributed by atoms with Crippen LogP contribution in [0.3, 0.4) is 0 Å². The van der Waals surface area contributed by atoms with E-state index >= 15 is 0 Å². The summed E-state index contributed by atoms with van der Waals surface area (Å²) in [6.45, 7) is 1.83. The van der Waals surface area contributed by atoms with Gasteiger partial charge in [-0.3, -0.25) is 0 Å². The molecule has 0 aliphatic carbocycles. The van der Waals surface area contributed by atoms with Gasteiger partial charge in [0.05, 0.1) is 22.5 Å². The van der Waals surface area contributed by atoms with Crippen molar-refractivity contribution in [2.45, 2.75) is 16.7 Å². The van der Waals surface area contributed by atoms with E-state index in [1.807, 2.05) is 13.0 Å². The van der Waals surface area contributed by atoms with Crippen molar-refractivity contribution in [3.8, 4) is 23.3 Å². The fourth-order valence-corrected chi connectivity index (χ4v) is 3.83. The molecule has 0 aromatic heterocycles. The lowest BCUT2D eigenvalue weighted by atomic mass is 10.1. The Balaban J connectivity index is 1.87. The summed E-state index contributed by atoms with van der Waals surface area (Å²) in [5.41, 5.74) is 1.26. The molecule has 0 bridgehead atoms. The van der Waals surface area contributed by atoms with E-state index in [4.69, 9.17) is 9.47 Å². The van der Waals surface area contributed by atoms with Crippen LogP contribution in [0.1, 0.15) is 11.1 Å². The highest BCUT2D eigenvalue weighted by atomic mass is 32.2. The topological polar surface area (TPSA) is 76.4 Å². The Hall–Kier alpha value is -3.30. The van der Waals surface area contributed by atoms with Gasteiger partial charge < -0.3 is 9.47 Å². The summed E-state index contributed by atoms with van der Waals surface area (Å²) < 4.78 is 36.3. The Morgan fingerprint density at radius 2 is 1.41 bits per heavy atom. The Morgan fingerprint density at radius 3 is 1.93 bits per heavy atom. The van der Waals surface area contributed by atoms with Crippen LogP contribution in [-0.2, 0) is 9.84 Å². The van der Waals surface area contributed by atoms with Gasteiger partial charge in [-0.25, -0.2) is 8.42 Å². The second-order valence-corrected chi connectivity index (χ2v) is 7.76. The molecule has 0 N–H and O–H groups in total. The third-order valence-electron chi connectivity index (χ3n) is 4.08. The molecule has 3 aromatic carbocycles. The van der Waals surface area contributed by atoms with Crippen LogP contribution >= 0.6 is 0 Å². The smallest absolute Gasteiger partial charge is 0.206 e. The molecule has 0 amide bonds. The van der Waals surface area contributed by atoms with Crippen molar-refractivity contribution in [1.29, 1.82) is 5.26 Å². The molecule has 27 heavy (non-hydrogen) atoms.